The van der Waals surface area contributed by atoms with E-state index < -0.39 is 23.9 Å². The Balaban J connectivity index is 2.43. The third-order valence-electron chi connectivity index (χ3n) is 1.80. The van der Waals surface area contributed by atoms with Gasteiger partial charge in [0.2, 0.25) is 0 Å². The summed E-state index contributed by atoms with van der Waals surface area (Å²) in [7, 11) is 1.39. The summed E-state index contributed by atoms with van der Waals surface area (Å²) in [4.78, 5) is 0.561. The first-order chi connectivity index (χ1) is 7.27. The van der Waals surface area contributed by atoms with Crippen LogP contribution in [-0.2, 0) is 20.0 Å². The van der Waals surface area contributed by atoms with E-state index in [0.29, 0.717) is 4.90 Å². The molecule has 2 unspecified atom stereocenters. The minimum absolute atomic E-state index is 0.0193. The third-order valence-corrected chi connectivity index (χ3v) is 2.81. The van der Waals surface area contributed by atoms with Gasteiger partial charge in [-0.3, -0.25) is 4.18 Å². The van der Waals surface area contributed by atoms with E-state index in [2.05, 4.69) is 0 Å². The molecule has 0 saturated heterocycles. The summed E-state index contributed by atoms with van der Waals surface area (Å²) < 4.78 is 33.4. The number of benzene rings is 1. The summed E-state index contributed by atoms with van der Waals surface area (Å²) in [5.41, 5.74) is 0. The number of alkyl halides is 1. The van der Waals surface area contributed by atoms with Crippen LogP contribution < -0.4 is 0 Å². The fourth-order valence-corrected chi connectivity index (χ4v) is 1.70. The van der Waals surface area contributed by atoms with Crippen LogP contribution >= 0.6 is 0 Å². The van der Waals surface area contributed by atoms with E-state index in [1.54, 1.807) is 24.3 Å². The zero-order chi connectivity index (χ0) is 11.1. The van der Waals surface area contributed by atoms with Crippen molar-refractivity contribution in [3.05, 3.63) is 30.3 Å². The van der Waals surface area contributed by atoms with Crippen LogP contribution in [-0.4, -0.2) is 30.7 Å². The second-order valence-electron chi connectivity index (χ2n) is 2.84. The topological polar surface area (TPSA) is 35.5 Å². The molecular formula is C10H13FO3S. The van der Waals surface area contributed by atoms with Crippen LogP contribution in [0.1, 0.15) is 0 Å². The highest BCUT2D eigenvalue weighted by molar-refractivity contribution is 7.80. The summed E-state index contributed by atoms with van der Waals surface area (Å²) in [6, 6.07) is 8.72. The van der Waals surface area contributed by atoms with Crippen LogP contribution in [0.4, 0.5) is 4.39 Å². The number of hydrogen-bond donors (Lipinski definition) is 0. The maximum atomic E-state index is 12.2. The van der Waals surface area contributed by atoms with Crippen LogP contribution in [0, 0.1) is 0 Å². The summed E-state index contributed by atoms with van der Waals surface area (Å²) in [6.07, 6.45) is -0.655. The first-order valence-corrected chi connectivity index (χ1v) is 5.54. The molecule has 0 aliphatic rings. The van der Waals surface area contributed by atoms with Crippen molar-refractivity contribution in [1.29, 1.82) is 0 Å². The van der Waals surface area contributed by atoms with Crippen LogP contribution in [0.2, 0.25) is 0 Å². The predicted octanol–water partition coefficient (Wildman–Crippen LogP) is 1.71. The van der Waals surface area contributed by atoms with Gasteiger partial charge in [0.1, 0.15) is 12.8 Å². The largest absolute Gasteiger partial charge is 0.376 e. The monoisotopic (exact) mass is 232 g/mol. The van der Waals surface area contributed by atoms with Crippen molar-refractivity contribution in [2.75, 3.05) is 20.4 Å². The van der Waals surface area contributed by atoms with Gasteiger partial charge in [0, 0.05) is 7.11 Å². The molecule has 0 aliphatic heterocycles. The number of ether oxygens (including phenoxy) is 1. The summed E-state index contributed by atoms with van der Waals surface area (Å²) in [5, 5.41) is 0. The van der Waals surface area contributed by atoms with Crippen molar-refractivity contribution in [3.63, 3.8) is 0 Å². The number of hydrogen-bond acceptors (Lipinski definition) is 3. The molecule has 0 spiro atoms. The Morgan fingerprint density at radius 1 is 1.40 bits per heavy atom. The van der Waals surface area contributed by atoms with Crippen LogP contribution in [0.25, 0.3) is 0 Å². The van der Waals surface area contributed by atoms with E-state index >= 15 is 0 Å². The molecule has 0 radical (unpaired) electrons. The Hall–Kier alpha value is -0.780. The Morgan fingerprint density at radius 2 is 2.07 bits per heavy atom. The van der Waals surface area contributed by atoms with Gasteiger partial charge in [-0.1, -0.05) is 18.2 Å². The Bertz CT molecular complexity index is 301. The SMILES string of the molecule is COC(CF)COS(=O)c1ccccc1. The lowest BCUT2D eigenvalue weighted by Gasteiger charge is -2.10. The molecule has 84 valence electrons. The second-order valence-corrected chi connectivity index (χ2v) is 4.02. The van der Waals surface area contributed by atoms with Crippen LogP contribution in [0.5, 0.6) is 0 Å². The van der Waals surface area contributed by atoms with E-state index in [1.165, 1.54) is 7.11 Å². The Morgan fingerprint density at radius 3 is 2.60 bits per heavy atom. The summed E-state index contributed by atoms with van der Waals surface area (Å²) in [5.74, 6) is 0. The molecule has 0 aliphatic carbocycles. The highest BCUT2D eigenvalue weighted by atomic mass is 32.2. The first kappa shape index (κ1) is 12.3. The molecule has 0 N–H and O–H groups in total. The maximum Gasteiger partial charge on any atom is 0.189 e. The minimum atomic E-state index is -1.55. The summed E-state index contributed by atoms with van der Waals surface area (Å²) in [6.45, 7) is -0.670. The molecule has 5 heteroatoms. The molecule has 0 bridgehead atoms. The van der Waals surface area contributed by atoms with Crippen LogP contribution in [0.3, 0.4) is 0 Å². The van der Waals surface area contributed by atoms with E-state index in [1.807, 2.05) is 6.07 Å². The molecule has 3 nitrogen and oxygen atoms in total. The molecule has 0 amide bonds. The average molecular weight is 232 g/mol. The molecule has 0 fully saturated rings. The molecule has 1 rings (SSSR count). The van der Waals surface area contributed by atoms with Crippen molar-refractivity contribution in [2.45, 2.75) is 11.0 Å². The van der Waals surface area contributed by atoms with Crippen molar-refractivity contribution in [2.24, 2.45) is 0 Å². The molecule has 0 saturated carbocycles. The third kappa shape index (κ3) is 4.07. The Labute approximate surface area is 90.9 Å². The van der Waals surface area contributed by atoms with Crippen molar-refractivity contribution < 1.29 is 17.5 Å². The zero-order valence-electron chi connectivity index (χ0n) is 8.39. The first-order valence-electron chi connectivity index (χ1n) is 4.46. The summed E-state index contributed by atoms with van der Waals surface area (Å²) >= 11 is -1.55. The molecule has 1 aromatic rings. The van der Waals surface area contributed by atoms with Gasteiger partial charge in [0.25, 0.3) is 0 Å². The van der Waals surface area contributed by atoms with Crippen LogP contribution in [0.15, 0.2) is 35.2 Å². The zero-order valence-corrected chi connectivity index (χ0v) is 9.21. The van der Waals surface area contributed by atoms with E-state index in [4.69, 9.17) is 8.92 Å². The molecule has 2 atom stereocenters. The van der Waals surface area contributed by atoms with E-state index in [9.17, 15) is 8.60 Å². The highest BCUT2D eigenvalue weighted by Gasteiger charge is 2.10. The highest BCUT2D eigenvalue weighted by Crippen LogP contribution is 2.07. The van der Waals surface area contributed by atoms with Gasteiger partial charge in [0.15, 0.2) is 11.1 Å². The van der Waals surface area contributed by atoms with Crippen molar-refractivity contribution in [1.82, 2.24) is 0 Å². The average Bonchev–Trinajstić information content (AvgIpc) is 2.31. The standard InChI is InChI=1S/C10H13FO3S/c1-13-9(7-11)8-14-15(12)10-5-3-2-4-6-10/h2-6,9H,7-8H2,1H3. The quantitative estimate of drug-likeness (QED) is 0.749. The number of rotatable bonds is 6. The van der Waals surface area contributed by atoms with E-state index in [-0.39, 0.29) is 6.61 Å². The fraction of sp³-hybridized carbons (Fsp3) is 0.400. The van der Waals surface area contributed by atoms with Gasteiger partial charge < -0.3 is 4.74 Å². The molecule has 0 heterocycles. The lowest BCUT2D eigenvalue weighted by Crippen LogP contribution is -2.21. The number of halogens is 1. The fourth-order valence-electron chi connectivity index (χ4n) is 0.913. The van der Waals surface area contributed by atoms with Gasteiger partial charge in [-0.05, 0) is 12.1 Å². The Kier molecular flexibility index (Phi) is 5.45. The van der Waals surface area contributed by atoms with E-state index in [0.717, 1.165) is 0 Å². The van der Waals surface area contributed by atoms with Crippen molar-refractivity contribution >= 4 is 11.1 Å². The predicted molar refractivity (Wildman–Crippen MR) is 55.6 cm³/mol. The molecule has 0 aromatic heterocycles. The van der Waals surface area contributed by atoms with Gasteiger partial charge in [-0.25, -0.2) is 8.60 Å². The lowest BCUT2D eigenvalue weighted by molar-refractivity contribution is 0.0442. The smallest absolute Gasteiger partial charge is 0.189 e. The lowest BCUT2D eigenvalue weighted by atomic mass is 10.4. The molecule has 1 aromatic carbocycles. The normalized spacial score (nSPS) is 14.8. The van der Waals surface area contributed by atoms with Gasteiger partial charge in [-0.15, -0.1) is 0 Å². The van der Waals surface area contributed by atoms with Gasteiger partial charge in [0.05, 0.1) is 11.5 Å². The molecule has 15 heavy (non-hydrogen) atoms. The minimum Gasteiger partial charge on any atom is -0.376 e. The van der Waals surface area contributed by atoms with Gasteiger partial charge in [-0.2, -0.15) is 0 Å². The van der Waals surface area contributed by atoms with Crippen molar-refractivity contribution in [3.8, 4) is 0 Å². The number of methoxy groups -OCH3 is 1. The second kappa shape index (κ2) is 6.66. The maximum absolute atomic E-state index is 12.2. The molecular weight excluding hydrogens is 219 g/mol. The van der Waals surface area contributed by atoms with Gasteiger partial charge >= 0.3 is 0 Å².